The smallest absolute Gasteiger partial charge is 0.257 e. The third kappa shape index (κ3) is 3.16. The molecule has 1 N–H and O–H groups in total. The van der Waals surface area contributed by atoms with Crippen molar-refractivity contribution >= 4 is 23.2 Å². The number of benzene rings is 2. The van der Waals surface area contributed by atoms with Gasteiger partial charge < -0.3 is 15.1 Å². The maximum atomic E-state index is 13.3. The van der Waals surface area contributed by atoms with E-state index in [1.807, 2.05) is 4.90 Å². The Morgan fingerprint density at radius 2 is 2.07 bits per heavy atom. The Hall–Kier alpha value is -2.89. The summed E-state index contributed by atoms with van der Waals surface area (Å²) in [6.45, 7) is 3.60. The molecule has 2 aromatic carbocycles. The van der Waals surface area contributed by atoms with Crippen LogP contribution in [0.5, 0.6) is 0 Å². The molecule has 0 bridgehead atoms. The number of hydrogen-bond acceptors (Lipinski definition) is 3. The molecule has 2 aromatic rings. The van der Waals surface area contributed by atoms with Crippen molar-refractivity contribution in [1.29, 1.82) is 0 Å². The summed E-state index contributed by atoms with van der Waals surface area (Å²) < 4.78 is 13.3. The SMILES string of the molecule is CCN1c2cc(C(=O)Nc3cccc(F)c3)ccc2C(=O)N2CCCCC21. The maximum Gasteiger partial charge on any atom is 0.257 e. The first kappa shape index (κ1) is 17.5. The molecule has 2 amide bonds. The molecule has 0 radical (unpaired) electrons. The van der Waals surface area contributed by atoms with E-state index >= 15 is 0 Å². The van der Waals surface area contributed by atoms with Crippen LogP contribution >= 0.6 is 0 Å². The zero-order valence-corrected chi connectivity index (χ0v) is 15.2. The summed E-state index contributed by atoms with van der Waals surface area (Å²) in [6, 6.07) is 11.0. The van der Waals surface area contributed by atoms with Gasteiger partial charge in [0, 0.05) is 24.3 Å². The van der Waals surface area contributed by atoms with E-state index in [-0.39, 0.29) is 18.0 Å². The van der Waals surface area contributed by atoms with E-state index < -0.39 is 5.82 Å². The summed E-state index contributed by atoms with van der Waals surface area (Å²) in [4.78, 5) is 29.7. The Balaban J connectivity index is 1.66. The molecule has 5 nitrogen and oxygen atoms in total. The molecule has 1 fully saturated rings. The minimum atomic E-state index is -0.404. The minimum Gasteiger partial charge on any atom is -0.351 e. The molecule has 6 heteroatoms. The molecular formula is C21H22FN3O2. The highest BCUT2D eigenvalue weighted by Gasteiger charge is 2.38. The van der Waals surface area contributed by atoms with Gasteiger partial charge in [0.1, 0.15) is 12.0 Å². The Morgan fingerprint density at radius 3 is 2.85 bits per heavy atom. The predicted molar refractivity (Wildman–Crippen MR) is 102 cm³/mol. The van der Waals surface area contributed by atoms with Crippen LogP contribution in [0.3, 0.4) is 0 Å². The second-order valence-electron chi connectivity index (χ2n) is 6.96. The standard InChI is InChI=1S/C21H22FN3O2/c1-2-24-18-12-14(20(26)23-16-7-5-6-15(22)13-16)9-10-17(18)21(27)25-11-4-3-8-19(24)25/h5-7,9-10,12-13,19H,2-4,8,11H2,1H3,(H,23,26). The van der Waals surface area contributed by atoms with Gasteiger partial charge in [0.15, 0.2) is 0 Å². The highest BCUT2D eigenvalue weighted by molar-refractivity contribution is 6.08. The van der Waals surface area contributed by atoms with Gasteiger partial charge in [-0.15, -0.1) is 0 Å². The van der Waals surface area contributed by atoms with Crippen LogP contribution in [-0.4, -0.2) is 36.0 Å². The van der Waals surface area contributed by atoms with Gasteiger partial charge >= 0.3 is 0 Å². The van der Waals surface area contributed by atoms with Crippen molar-refractivity contribution in [3.8, 4) is 0 Å². The number of carbonyl (C=O) groups is 2. The lowest BCUT2D eigenvalue weighted by molar-refractivity contribution is 0.0582. The van der Waals surface area contributed by atoms with Gasteiger partial charge in [0.25, 0.3) is 11.8 Å². The van der Waals surface area contributed by atoms with Crippen LogP contribution in [0.4, 0.5) is 15.8 Å². The van der Waals surface area contributed by atoms with Gasteiger partial charge in [-0.05, 0) is 62.6 Å². The van der Waals surface area contributed by atoms with Crippen LogP contribution in [0.15, 0.2) is 42.5 Å². The summed E-state index contributed by atoms with van der Waals surface area (Å²) in [5.74, 6) is -0.687. The van der Waals surface area contributed by atoms with Gasteiger partial charge in [0.2, 0.25) is 0 Å². The highest BCUT2D eigenvalue weighted by atomic mass is 19.1. The Morgan fingerprint density at radius 1 is 1.22 bits per heavy atom. The molecule has 27 heavy (non-hydrogen) atoms. The van der Waals surface area contributed by atoms with Gasteiger partial charge in [-0.3, -0.25) is 9.59 Å². The molecule has 0 aromatic heterocycles. The van der Waals surface area contributed by atoms with Crippen molar-refractivity contribution in [2.24, 2.45) is 0 Å². The molecule has 2 aliphatic heterocycles. The average molecular weight is 367 g/mol. The number of carbonyl (C=O) groups excluding carboxylic acids is 2. The Labute approximate surface area is 157 Å². The van der Waals surface area contributed by atoms with Crippen LogP contribution < -0.4 is 10.2 Å². The van der Waals surface area contributed by atoms with E-state index in [1.54, 1.807) is 30.3 Å². The molecule has 0 aliphatic carbocycles. The number of rotatable bonds is 3. The lowest BCUT2D eigenvalue weighted by Gasteiger charge is -2.47. The fraction of sp³-hybridized carbons (Fsp3) is 0.333. The zero-order valence-electron chi connectivity index (χ0n) is 15.2. The van der Waals surface area contributed by atoms with Crippen molar-refractivity contribution in [2.75, 3.05) is 23.3 Å². The van der Waals surface area contributed by atoms with E-state index in [4.69, 9.17) is 0 Å². The van der Waals surface area contributed by atoms with Crippen LogP contribution in [0.1, 0.15) is 46.9 Å². The van der Waals surface area contributed by atoms with Gasteiger partial charge in [-0.2, -0.15) is 0 Å². The second-order valence-corrected chi connectivity index (χ2v) is 6.96. The first-order chi connectivity index (χ1) is 13.1. The van der Waals surface area contributed by atoms with Crippen LogP contribution in [-0.2, 0) is 0 Å². The first-order valence-corrected chi connectivity index (χ1v) is 9.37. The van der Waals surface area contributed by atoms with Gasteiger partial charge in [-0.1, -0.05) is 6.07 Å². The Bertz CT molecular complexity index is 899. The van der Waals surface area contributed by atoms with Gasteiger partial charge in [-0.25, -0.2) is 4.39 Å². The number of fused-ring (bicyclic) bond motifs is 2. The maximum absolute atomic E-state index is 13.3. The average Bonchev–Trinajstić information content (AvgIpc) is 2.68. The molecule has 2 heterocycles. The molecule has 140 valence electrons. The normalized spacial score (nSPS) is 18.7. The van der Waals surface area contributed by atoms with E-state index in [9.17, 15) is 14.0 Å². The van der Waals surface area contributed by atoms with Gasteiger partial charge in [0.05, 0.1) is 11.3 Å². The van der Waals surface area contributed by atoms with E-state index in [0.717, 1.165) is 38.0 Å². The summed E-state index contributed by atoms with van der Waals surface area (Å²) in [5.41, 5.74) is 2.29. The van der Waals surface area contributed by atoms with Crippen molar-refractivity contribution in [2.45, 2.75) is 32.4 Å². The molecule has 1 unspecified atom stereocenters. The largest absolute Gasteiger partial charge is 0.351 e. The zero-order chi connectivity index (χ0) is 19.0. The summed E-state index contributed by atoms with van der Waals surface area (Å²) in [7, 11) is 0. The fourth-order valence-electron chi connectivity index (χ4n) is 4.03. The van der Waals surface area contributed by atoms with Crippen molar-refractivity contribution in [3.05, 3.63) is 59.4 Å². The highest BCUT2D eigenvalue weighted by Crippen LogP contribution is 2.35. The third-order valence-electron chi connectivity index (χ3n) is 5.31. The molecule has 4 rings (SSSR count). The fourth-order valence-corrected chi connectivity index (χ4v) is 4.03. The minimum absolute atomic E-state index is 0.0384. The number of anilines is 2. The summed E-state index contributed by atoms with van der Waals surface area (Å²) >= 11 is 0. The van der Waals surface area contributed by atoms with Crippen LogP contribution in [0, 0.1) is 5.82 Å². The third-order valence-corrected chi connectivity index (χ3v) is 5.31. The van der Waals surface area contributed by atoms with E-state index in [1.165, 1.54) is 12.1 Å². The molecule has 0 spiro atoms. The van der Waals surface area contributed by atoms with E-state index in [0.29, 0.717) is 16.8 Å². The molecular weight excluding hydrogens is 345 g/mol. The number of hydrogen-bond donors (Lipinski definition) is 1. The molecule has 2 aliphatic rings. The summed E-state index contributed by atoms with van der Waals surface area (Å²) in [5, 5.41) is 2.71. The van der Waals surface area contributed by atoms with Crippen molar-refractivity contribution in [1.82, 2.24) is 4.90 Å². The molecule has 1 atom stereocenters. The number of amides is 2. The monoisotopic (exact) mass is 367 g/mol. The lowest BCUT2D eigenvalue weighted by Crippen LogP contribution is -2.57. The Kier molecular flexibility index (Phi) is 4.56. The van der Waals surface area contributed by atoms with Crippen LogP contribution in [0.2, 0.25) is 0 Å². The van der Waals surface area contributed by atoms with Crippen LogP contribution in [0.25, 0.3) is 0 Å². The second kappa shape index (κ2) is 7.02. The molecule has 1 saturated heterocycles. The number of halogens is 1. The number of piperidine rings is 1. The van der Waals surface area contributed by atoms with Crippen molar-refractivity contribution in [3.63, 3.8) is 0 Å². The topological polar surface area (TPSA) is 52.7 Å². The van der Waals surface area contributed by atoms with Crippen molar-refractivity contribution < 1.29 is 14.0 Å². The van der Waals surface area contributed by atoms with E-state index in [2.05, 4.69) is 17.1 Å². The lowest BCUT2D eigenvalue weighted by atomic mass is 9.97. The predicted octanol–water partition coefficient (Wildman–Crippen LogP) is 3.87. The number of nitrogens with zero attached hydrogens (tertiary/aromatic N) is 2. The molecule has 0 saturated carbocycles. The quantitative estimate of drug-likeness (QED) is 0.896. The summed E-state index contributed by atoms with van der Waals surface area (Å²) in [6.07, 6.45) is 3.13. The first-order valence-electron chi connectivity index (χ1n) is 9.37. The number of nitrogens with one attached hydrogen (secondary N) is 1.